The van der Waals surface area contributed by atoms with E-state index in [1.54, 1.807) is 6.07 Å². The summed E-state index contributed by atoms with van der Waals surface area (Å²) in [5, 5.41) is 3.79. The number of piperazine rings is 1. The van der Waals surface area contributed by atoms with E-state index in [4.69, 9.17) is 9.97 Å². The van der Waals surface area contributed by atoms with Crippen molar-refractivity contribution in [1.82, 2.24) is 19.9 Å². The molecule has 2 aromatic carbocycles. The minimum atomic E-state index is -4.90. The van der Waals surface area contributed by atoms with Crippen molar-refractivity contribution in [3.63, 3.8) is 0 Å². The van der Waals surface area contributed by atoms with E-state index in [9.17, 15) is 34.4 Å². The van der Waals surface area contributed by atoms with Gasteiger partial charge in [-0.3, -0.25) is 9.62 Å². The zero-order valence-electron chi connectivity index (χ0n) is 27.7. The van der Waals surface area contributed by atoms with E-state index in [1.165, 1.54) is 29.7 Å². The number of rotatable bonds is 9. The van der Waals surface area contributed by atoms with Gasteiger partial charge < -0.3 is 10.2 Å². The molecule has 0 spiro atoms. The third kappa shape index (κ3) is 6.22. The second-order valence-corrected chi connectivity index (χ2v) is 19.3. The van der Waals surface area contributed by atoms with Gasteiger partial charge in [0.1, 0.15) is 11.6 Å². The number of sulfone groups is 1. The van der Waals surface area contributed by atoms with Crippen molar-refractivity contribution in [3.8, 4) is 21.8 Å². The molecule has 3 saturated heterocycles. The van der Waals surface area contributed by atoms with Gasteiger partial charge in [0.25, 0.3) is 15.9 Å². The van der Waals surface area contributed by atoms with Crippen LogP contribution in [0, 0.1) is 29.3 Å². The Morgan fingerprint density at radius 3 is 2.21 bits per heavy atom. The number of nitrogens with zero attached hydrogens (tertiary/aromatic N) is 5. The Bertz CT molecular complexity index is 2300. The van der Waals surface area contributed by atoms with Crippen LogP contribution in [0.4, 0.5) is 38.7 Å². The highest BCUT2D eigenvalue weighted by Gasteiger charge is 2.59. The Hall–Kier alpha value is -3.94. The number of thiazole rings is 1. The second kappa shape index (κ2) is 12.3. The van der Waals surface area contributed by atoms with E-state index >= 15 is 4.39 Å². The predicted molar refractivity (Wildman–Crippen MR) is 188 cm³/mol. The van der Waals surface area contributed by atoms with E-state index in [2.05, 4.69) is 20.1 Å². The Morgan fingerprint density at radius 2 is 1.55 bits per heavy atom. The van der Waals surface area contributed by atoms with Crippen LogP contribution in [0.15, 0.2) is 53.6 Å². The Balaban J connectivity index is 1.07. The number of sulfonamides is 1. The maximum atomic E-state index is 16.5. The standard InChI is InChI=1S/C34H32F5N7O4S3/c35-23-4-2-5-24(36)31(23)53(49,50)44-25-6-1-3-20(27(25)37)29-30(26-9-10-40-32(41-26)42-28-21-15-52(47,48)16-22(21)28)51-33(43-29)46-17-7-8-18(46)14-45(13-17)19-11-34(38,39)12-19/h1-6,9-10,17-19,21-22,28,44H,7-8,11-16H2,(H,40,41,42)/t17?,18?,21-,22+,28?. The zero-order chi connectivity index (χ0) is 37.0. The lowest BCUT2D eigenvalue weighted by molar-refractivity contribution is -0.127. The summed E-state index contributed by atoms with van der Waals surface area (Å²) < 4.78 is 125. The second-order valence-electron chi connectivity index (χ2n) is 14.5. The Labute approximate surface area is 305 Å². The van der Waals surface area contributed by atoms with Crippen molar-refractivity contribution in [3.05, 3.63) is 66.1 Å². The topological polar surface area (TPSA) is 137 Å². The molecule has 4 aromatic rings. The highest BCUT2D eigenvalue weighted by atomic mass is 32.2. The van der Waals surface area contributed by atoms with Crippen LogP contribution >= 0.6 is 11.3 Å². The Kier molecular flexibility index (Phi) is 8.07. The summed E-state index contributed by atoms with van der Waals surface area (Å²) in [6.45, 7) is 1.14. The fraction of sp³-hybridized carbons (Fsp3) is 0.441. The van der Waals surface area contributed by atoms with Crippen LogP contribution in [0.25, 0.3) is 21.8 Å². The molecule has 53 heavy (non-hydrogen) atoms. The first-order valence-corrected chi connectivity index (χ1v) is 21.3. The summed E-state index contributed by atoms with van der Waals surface area (Å²) in [5.74, 6) is -5.98. The van der Waals surface area contributed by atoms with Crippen LogP contribution in [-0.2, 0) is 19.9 Å². The lowest BCUT2D eigenvalue weighted by Gasteiger charge is -2.49. The van der Waals surface area contributed by atoms with E-state index in [1.807, 2.05) is 4.72 Å². The van der Waals surface area contributed by atoms with Crippen molar-refractivity contribution >= 4 is 48.0 Å². The van der Waals surface area contributed by atoms with Crippen molar-refractivity contribution < 1.29 is 38.8 Å². The van der Waals surface area contributed by atoms with Gasteiger partial charge in [0, 0.05) is 61.9 Å². The normalized spacial score (nSPS) is 27.3. The first-order chi connectivity index (χ1) is 25.2. The van der Waals surface area contributed by atoms with Gasteiger partial charge in [-0.05, 0) is 55.0 Å². The SMILES string of the molecule is O=S1(=O)C[C@@H]2C(Nc3nccc(-c4sc(N5C6CCC5CN(C5CC(F)(F)C5)C6)nc4-c4cccc(NS(=O)(=O)c5c(F)cccc5F)c4F)n3)[C@@H]2C1. The first kappa shape index (κ1) is 34.8. The quantitative estimate of drug-likeness (QED) is 0.212. The minimum absolute atomic E-state index is 0.0262. The molecule has 2 aliphatic carbocycles. The molecule has 9 rings (SSSR count). The highest BCUT2D eigenvalue weighted by Crippen LogP contribution is 2.50. The summed E-state index contributed by atoms with van der Waals surface area (Å²) in [6.07, 6.45) is 2.82. The number of alkyl halides is 2. The van der Waals surface area contributed by atoms with Crippen molar-refractivity contribution in [1.29, 1.82) is 0 Å². The number of anilines is 3. The molecule has 2 saturated carbocycles. The van der Waals surface area contributed by atoms with E-state index in [-0.39, 0.29) is 77.6 Å². The number of halogens is 5. The van der Waals surface area contributed by atoms with E-state index < -0.39 is 53.8 Å². The lowest BCUT2D eigenvalue weighted by atomic mass is 9.86. The smallest absolute Gasteiger partial charge is 0.267 e. The summed E-state index contributed by atoms with van der Waals surface area (Å²) >= 11 is 1.25. The molecule has 2 bridgehead atoms. The van der Waals surface area contributed by atoms with Gasteiger partial charge in [0.2, 0.25) is 5.95 Å². The number of hydrogen-bond acceptors (Lipinski definition) is 11. The predicted octanol–water partition coefficient (Wildman–Crippen LogP) is 5.39. The fourth-order valence-electron chi connectivity index (χ4n) is 8.41. The van der Waals surface area contributed by atoms with Gasteiger partial charge >= 0.3 is 0 Å². The van der Waals surface area contributed by atoms with Gasteiger partial charge in [-0.2, -0.15) is 0 Å². The third-order valence-corrected chi connectivity index (χ3v) is 15.3. The number of hydrogen-bond donors (Lipinski definition) is 2. The minimum Gasteiger partial charge on any atom is -0.351 e. The van der Waals surface area contributed by atoms with Gasteiger partial charge in [0.05, 0.1) is 33.5 Å². The number of benzene rings is 2. The van der Waals surface area contributed by atoms with Crippen molar-refractivity contribution in [2.24, 2.45) is 11.8 Å². The summed E-state index contributed by atoms with van der Waals surface area (Å²) in [4.78, 5) is 17.4. The van der Waals surface area contributed by atoms with Crippen LogP contribution < -0.4 is 14.9 Å². The van der Waals surface area contributed by atoms with Crippen LogP contribution in [0.5, 0.6) is 0 Å². The monoisotopic (exact) mass is 793 g/mol. The maximum Gasteiger partial charge on any atom is 0.267 e. The molecule has 2 N–H and O–H groups in total. The van der Waals surface area contributed by atoms with Crippen molar-refractivity contribution in [2.75, 3.05) is 39.5 Å². The van der Waals surface area contributed by atoms with Gasteiger partial charge in [0.15, 0.2) is 25.7 Å². The summed E-state index contributed by atoms with van der Waals surface area (Å²) in [6, 6.07) is 7.79. The summed E-state index contributed by atoms with van der Waals surface area (Å²) in [5.41, 5.74) is -0.146. The average molecular weight is 794 g/mol. The number of aromatic nitrogens is 3. The van der Waals surface area contributed by atoms with Crippen molar-refractivity contribution in [2.45, 2.75) is 60.7 Å². The Morgan fingerprint density at radius 1 is 0.887 bits per heavy atom. The number of likely N-dealkylation sites (tertiary alicyclic amines) is 1. The van der Waals surface area contributed by atoms with Crippen LogP contribution in [-0.4, -0.2) is 91.4 Å². The first-order valence-electron chi connectivity index (χ1n) is 17.1. The molecule has 5 atom stereocenters. The molecule has 5 heterocycles. The van der Waals surface area contributed by atoms with Gasteiger partial charge in [-0.15, -0.1) is 0 Å². The largest absolute Gasteiger partial charge is 0.351 e. The molecule has 5 aliphatic rings. The fourth-order valence-corrected chi connectivity index (χ4v) is 13.0. The highest BCUT2D eigenvalue weighted by molar-refractivity contribution is 7.92. The van der Waals surface area contributed by atoms with Crippen LogP contribution in [0.1, 0.15) is 25.7 Å². The molecular weight excluding hydrogens is 762 g/mol. The molecule has 5 fully saturated rings. The van der Waals surface area contributed by atoms with Crippen LogP contribution in [0.2, 0.25) is 0 Å². The zero-order valence-corrected chi connectivity index (χ0v) is 30.2. The molecule has 0 radical (unpaired) electrons. The molecule has 280 valence electrons. The third-order valence-electron chi connectivity index (χ3n) is 11.0. The molecule has 3 aliphatic heterocycles. The number of fused-ring (bicyclic) bond motifs is 3. The maximum absolute atomic E-state index is 16.5. The molecule has 19 heteroatoms. The summed E-state index contributed by atoms with van der Waals surface area (Å²) in [7, 11) is -7.97. The number of nitrogens with one attached hydrogen (secondary N) is 2. The van der Waals surface area contributed by atoms with Gasteiger partial charge in [-0.1, -0.05) is 23.5 Å². The molecule has 11 nitrogen and oxygen atoms in total. The van der Waals surface area contributed by atoms with E-state index in [0.717, 1.165) is 37.1 Å². The molecule has 2 aromatic heterocycles. The average Bonchev–Trinajstić information content (AvgIpc) is 3.36. The van der Waals surface area contributed by atoms with Crippen LogP contribution in [0.3, 0.4) is 0 Å². The van der Waals surface area contributed by atoms with Gasteiger partial charge in [-0.25, -0.2) is 53.7 Å². The van der Waals surface area contributed by atoms with E-state index in [0.29, 0.717) is 28.8 Å². The lowest BCUT2D eigenvalue weighted by Crippen LogP contribution is -2.61. The molecule has 0 amide bonds. The molecular formula is C34H32F5N7O4S3. The molecule has 3 unspecified atom stereocenters.